The van der Waals surface area contributed by atoms with Crippen LogP contribution >= 0.6 is 0 Å². The maximum atomic E-state index is 9.28. The predicted octanol–water partition coefficient (Wildman–Crippen LogP) is 0.524. The van der Waals surface area contributed by atoms with Gasteiger partial charge in [-0.05, 0) is 33.2 Å². The Morgan fingerprint density at radius 1 is 1.54 bits per heavy atom. The van der Waals surface area contributed by atoms with Crippen molar-refractivity contribution in [3.05, 3.63) is 0 Å². The molecule has 0 aromatic carbocycles. The second-order valence-electron chi connectivity index (χ2n) is 4.47. The summed E-state index contributed by atoms with van der Waals surface area (Å²) in [6, 6.07) is 0.243. The molecule has 0 radical (unpaired) electrons. The number of rotatable bonds is 1. The lowest BCUT2D eigenvalue weighted by molar-refractivity contribution is 0.0196. The number of hydrogen-bond acceptors (Lipinski definition) is 3. The summed E-state index contributed by atoms with van der Waals surface area (Å²) >= 11 is 0. The Labute approximate surface area is 79.5 Å². The van der Waals surface area contributed by atoms with Gasteiger partial charge in [0.05, 0.1) is 18.8 Å². The summed E-state index contributed by atoms with van der Waals surface area (Å²) in [5, 5.41) is 12.6. The smallest absolute Gasteiger partial charge is 0.0624 e. The summed E-state index contributed by atoms with van der Waals surface area (Å²) in [7, 11) is 0. The van der Waals surface area contributed by atoms with E-state index in [2.05, 4.69) is 19.2 Å². The molecule has 0 aliphatic carbocycles. The van der Waals surface area contributed by atoms with Crippen molar-refractivity contribution in [2.75, 3.05) is 13.2 Å². The molecule has 2 saturated heterocycles. The summed E-state index contributed by atoms with van der Waals surface area (Å²) < 4.78 is 5.78. The zero-order valence-electron chi connectivity index (χ0n) is 8.42. The maximum Gasteiger partial charge on any atom is 0.0624 e. The van der Waals surface area contributed by atoms with Crippen LogP contribution in [0, 0.1) is 5.41 Å². The number of hydrogen-bond donors (Lipinski definition) is 2. The Morgan fingerprint density at radius 3 is 2.85 bits per heavy atom. The van der Waals surface area contributed by atoms with Crippen molar-refractivity contribution in [3.8, 4) is 0 Å². The summed E-state index contributed by atoms with van der Waals surface area (Å²) in [6.07, 6.45) is 2.87. The van der Waals surface area contributed by atoms with E-state index in [9.17, 15) is 5.11 Å². The van der Waals surface area contributed by atoms with Crippen LogP contribution in [0.15, 0.2) is 0 Å². The van der Waals surface area contributed by atoms with E-state index in [1.165, 1.54) is 0 Å². The molecule has 3 heteroatoms. The Kier molecular flexibility index (Phi) is 2.34. The molecule has 0 amide bonds. The van der Waals surface area contributed by atoms with Crippen molar-refractivity contribution in [1.29, 1.82) is 0 Å². The molecule has 2 N–H and O–H groups in total. The molecule has 2 aliphatic rings. The monoisotopic (exact) mass is 185 g/mol. The topological polar surface area (TPSA) is 41.5 Å². The molecule has 76 valence electrons. The number of nitrogens with one attached hydrogen (secondary N) is 1. The highest BCUT2D eigenvalue weighted by molar-refractivity contribution is 5.04. The van der Waals surface area contributed by atoms with Gasteiger partial charge in [-0.15, -0.1) is 0 Å². The normalized spacial score (nSPS) is 50.5. The molecule has 4 atom stereocenters. The summed E-state index contributed by atoms with van der Waals surface area (Å²) in [5.74, 6) is 0. The van der Waals surface area contributed by atoms with Crippen LogP contribution in [-0.2, 0) is 4.74 Å². The molecular formula is C10H19NO2. The number of ether oxygens (including phenoxy) is 1. The van der Waals surface area contributed by atoms with Crippen LogP contribution in [0.3, 0.4) is 0 Å². The van der Waals surface area contributed by atoms with Crippen molar-refractivity contribution in [2.24, 2.45) is 5.41 Å². The van der Waals surface area contributed by atoms with Crippen LogP contribution in [0.4, 0.5) is 0 Å². The standard InChI is InChI=1S/C10H19NO2/c1-7-5-10(8(2)13-7)3-4-11-9(10)6-12/h7-9,11-12H,3-6H2,1-2H3. The molecule has 0 saturated carbocycles. The van der Waals surface area contributed by atoms with E-state index >= 15 is 0 Å². The van der Waals surface area contributed by atoms with Crippen LogP contribution in [0.2, 0.25) is 0 Å². The largest absolute Gasteiger partial charge is 0.395 e. The average Bonchev–Trinajstić information content (AvgIpc) is 2.59. The highest BCUT2D eigenvalue weighted by atomic mass is 16.5. The molecule has 13 heavy (non-hydrogen) atoms. The van der Waals surface area contributed by atoms with Crippen LogP contribution in [0.5, 0.6) is 0 Å². The van der Waals surface area contributed by atoms with E-state index in [0.717, 1.165) is 19.4 Å². The first-order valence-electron chi connectivity index (χ1n) is 5.19. The minimum absolute atomic E-state index is 0.203. The predicted molar refractivity (Wildman–Crippen MR) is 50.6 cm³/mol. The fourth-order valence-corrected chi connectivity index (χ4v) is 3.07. The van der Waals surface area contributed by atoms with E-state index in [1.807, 2.05) is 0 Å². The van der Waals surface area contributed by atoms with E-state index in [0.29, 0.717) is 6.10 Å². The lowest BCUT2D eigenvalue weighted by Crippen LogP contribution is -2.43. The summed E-state index contributed by atoms with van der Waals surface area (Å²) in [4.78, 5) is 0. The third-order valence-electron chi connectivity index (χ3n) is 3.77. The van der Waals surface area contributed by atoms with Crippen molar-refractivity contribution in [1.82, 2.24) is 5.32 Å². The Balaban J connectivity index is 2.18. The van der Waals surface area contributed by atoms with Crippen molar-refractivity contribution >= 4 is 0 Å². The summed E-state index contributed by atoms with van der Waals surface area (Å²) in [5.41, 5.74) is 0.203. The van der Waals surface area contributed by atoms with Gasteiger partial charge < -0.3 is 15.2 Å². The second-order valence-corrected chi connectivity index (χ2v) is 4.47. The summed E-state index contributed by atoms with van der Waals surface area (Å²) in [6.45, 7) is 5.52. The van der Waals surface area contributed by atoms with Gasteiger partial charge in [-0.2, -0.15) is 0 Å². The van der Waals surface area contributed by atoms with Gasteiger partial charge in [0.15, 0.2) is 0 Å². The van der Waals surface area contributed by atoms with Gasteiger partial charge in [-0.3, -0.25) is 0 Å². The lowest BCUT2D eigenvalue weighted by Gasteiger charge is -2.32. The third-order valence-corrected chi connectivity index (χ3v) is 3.77. The first-order chi connectivity index (χ1) is 6.19. The van der Waals surface area contributed by atoms with Crippen molar-refractivity contribution in [3.63, 3.8) is 0 Å². The molecule has 0 bridgehead atoms. The van der Waals surface area contributed by atoms with Gasteiger partial charge >= 0.3 is 0 Å². The van der Waals surface area contributed by atoms with Crippen LogP contribution < -0.4 is 5.32 Å². The van der Waals surface area contributed by atoms with E-state index < -0.39 is 0 Å². The molecule has 2 fully saturated rings. The van der Waals surface area contributed by atoms with Gasteiger partial charge in [0.25, 0.3) is 0 Å². The van der Waals surface area contributed by atoms with Gasteiger partial charge in [0.2, 0.25) is 0 Å². The average molecular weight is 185 g/mol. The molecule has 1 spiro atoms. The first kappa shape index (κ1) is 9.44. The first-order valence-corrected chi connectivity index (χ1v) is 5.19. The molecule has 3 nitrogen and oxygen atoms in total. The zero-order chi connectivity index (χ0) is 9.47. The Bertz CT molecular complexity index is 197. The van der Waals surface area contributed by atoms with Gasteiger partial charge in [0.1, 0.15) is 0 Å². The number of aliphatic hydroxyl groups excluding tert-OH is 1. The SMILES string of the molecule is CC1CC2(CCNC2CO)C(C)O1. The van der Waals surface area contributed by atoms with Crippen molar-refractivity contribution in [2.45, 2.75) is 44.9 Å². The van der Waals surface area contributed by atoms with Crippen LogP contribution in [-0.4, -0.2) is 36.5 Å². The van der Waals surface area contributed by atoms with Crippen molar-refractivity contribution < 1.29 is 9.84 Å². The second kappa shape index (κ2) is 3.23. The van der Waals surface area contributed by atoms with E-state index in [4.69, 9.17) is 4.74 Å². The Hall–Kier alpha value is -0.120. The Morgan fingerprint density at radius 2 is 2.31 bits per heavy atom. The fourth-order valence-electron chi connectivity index (χ4n) is 3.07. The molecule has 2 heterocycles. The van der Waals surface area contributed by atoms with Crippen LogP contribution in [0.1, 0.15) is 26.7 Å². The van der Waals surface area contributed by atoms with E-state index in [1.54, 1.807) is 0 Å². The highest BCUT2D eigenvalue weighted by Gasteiger charge is 2.52. The number of aliphatic hydroxyl groups is 1. The van der Waals surface area contributed by atoms with Gasteiger partial charge in [-0.25, -0.2) is 0 Å². The molecule has 2 rings (SSSR count). The maximum absolute atomic E-state index is 9.28. The lowest BCUT2D eigenvalue weighted by atomic mass is 9.74. The molecule has 4 unspecified atom stereocenters. The molecular weight excluding hydrogens is 166 g/mol. The van der Waals surface area contributed by atoms with Crippen LogP contribution in [0.25, 0.3) is 0 Å². The quantitative estimate of drug-likeness (QED) is 0.626. The minimum atomic E-state index is 0.203. The van der Waals surface area contributed by atoms with E-state index in [-0.39, 0.29) is 24.2 Å². The molecule has 2 aliphatic heterocycles. The minimum Gasteiger partial charge on any atom is -0.395 e. The zero-order valence-corrected chi connectivity index (χ0v) is 8.42. The molecule has 0 aromatic rings. The highest BCUT2D eigenvalue weighted by Crippen LogP contribution is 2.46. The fraction of sp³-hybridized carbons (Fsp3) is 1.00. The van der Waals surface area contributed by atoms with Gasteiger partial charge in [-0.1, -0.05) is 0 Å². The third kappa shape index (κ3) is 1.30. The van der Waals surface area contributed by atoms with Gasteiger partial charge in [0, 0.05) is 11.5 Å². The molecule has 0 aromatic heterocycles.